The van der Waals surface area contributed by atoms with Crippen molar-refractivity contribution in [1.82, 2.24) is 0 Å². The molecule has 0 aromatic heterocycles. The van der Waals surface area contributed by atoms with Crippen LogP contribution in [0.1, 0.15) is 206 Å². The number of unbranched alkanes of at least 4 members (excludes halogenated alkanes) is 23. The van der Waals surface area contributed by atoms with Crippen LogP contribution < -0.4 is 0 Å². The van der Waals surface area contributed by atoms with Crippen molar-refractivity contribution in [3.63, 3.8) is 0 Å². The first-order chi connectivity index (χ1) is 26.8. The highest BCUT2D eigenvalue weighted by Gasteiger charge is 2.27. The van der Waals surface area contributed by atoms with Crippen molar-refractivity contribution < 1.29 is 52.3 Å². The minimum Gasteiger partial charge on any atom is -0.462 e. The number of hydrogen-bond acceptors (Lipinski definition) is 9. The van der Waals surface area contributed by atoms with Gasteiger partial charge in [-0.3, -0.25) is 18.6 Å². The van der Waals surface area contributed by atoms with E-state index in [-0.39, 0.29) is 26.1 Å². The van der Waals surface area contributed by atoms with Gasteiger partial charge in [-0.25, -0.2) is 4.57 Å². The second-order valence-corrected chi connectivity index (χ2v) is 18.6. The monoisotopic (exact) mass is 823 g/mol. The van der Waals surface area contributed by atoms with Crippen LogP contribution in [0.4, 0.5) is 0 Å². The van der Waals surface area contributed by atoms with E-state index >= 15 is 0 Å². The van der Waals surface area contributed by atoms with Crippen molar-refractivity contribution in [2.75, 3.05) is 47.5 Å². The average molecular weight is 823 g/mol. The average Bonchev–Trinajstić information content (AvgIpc) is 3.14. The molecule has 56 heavy (non-hydrogen) atoms. The van der Waals surface area contributed by atoms with Gasteiger partial charge in [0.25, 0.3) is 0 Å². The van der Waals surface area contributed by atoms with E-state index in [2.05, 4.69) is 13.8 Å². The summed E-state index contributed by atoms with van der Waals surface area (Å²) >= 11 is 0. The molecule has 11 nitrogen and oxygen atoms in total. The van der Waals surface area contributed by atoms with Gasteiger partial charge >= 0.3 is 19.8 Å². The van der Waals surface area contributed by atoms with Crippen LogP contribution in [-0.4, -0.2) is 97.3 Å². The minimum absolute atomic E-state index is 0.00864. The number of nitrogens with zero attached hydrogens (tertiary/aromatic N) is 1. The van der Waals surface area contributed by atoms with Crippen LogP contribution in [0, 0.1) is 0 Å². The molecule has 0 rings (SSSR count). The summed E-state index contributed by atoms with van der Waals surface area (Å²) in [7, 11) is 1.40. The number of aliphatic hydroxyl groups excluding tert-OH is 2. The van der Waals surface area contributed by atoms with Crippen LogP contribution in [-0.2, 0) is 32.7 Å². The first-order valence-corrected chi connectivity index (χ1v) is 24.4. The van der Waals surface area contributed by atoms with E-state index < -0.39 is 44.7 Å². The van der Waals surface area contributed by atoms with E-state index in [9.17, 15) is 29.3 Å². The molecule has 0 aromatic carbocycles. The third-order valence-corrected chi connectivity index (χ3v) is 11.3. The zero-order chi connectivity index (χ0) is 41.8. The Morgan fingerprint density at radius 2 is 0.911 bits per heavy atom. The molecule has 0 aliphatic carbocycles. The Morgan fingerprint density at radius 1 is 0.536 bits per heavy atom. The molecule has 0 fully saturated rings. The van der Waals surface area contributed by atoms with Crippen molar-refractivity contribution >= 4 is 19.8 Å². The molecule has 0 aliphatic heterocycles. The molecule has 0 saturated carbocycles. The van der Waals surface area contributed by atoms with E-state index in [4.69, 9.17) is 18.5 Å². The van der Waals surface area contributed by atoms with Crippen molar-refractivity contribution in [3.8, 4) is 0 Å². The first-order valence-electron chi connectivity index (χ1n) is 22.9. The number of carbonyl (C=O) groups excluding carboxylic acids is 2. The molecule has 0 spiro atoms. The quantitative estimate of drug-likeness (QED) is 0.0235. The van der Waals surface area contributed by atoms with Gasteiger partial charge in [0.2, 0.25) is 0 Å². The summed E-state index contributed by atoms with van der Waals surface area (Å²) in [5.41, 5.74) is 0. The number of likely N-dealkylation sites (N-methyl/N-ethyl adjacent to an activating group) is 1. The Labute approximate surface area is 343 Å². The van der Waals surface area contributed by atoms with Gasteiger partial charge in [-0.15, -0.1) is 0 Å². The molecule has 334 valence electrons. The lowest BCUT2D eigenvalue weighted by atomic mass is 9.99. The van der Waals surface area contributed by atoms with Gasteiger partial charge in [0.05, 0.1) is 40.0 Å². The molecule has 0 heterocycles. The highest BCUT2D eigenvalue weighted by molar-refractivity contribution is 7.47. The summed E-state index contributed by atoms with van der Waals surface area (Å²) in [4.78, 5) is 35.4. The number of carbonyl (C=O) groups is 2. The summed E-state index contributed by atoms with van der Waals surface area (Å²) in [6, 6.07) is 0. The summed E-state index contributed by atoms with van der Waals surface area (Å²) in [5.74, 6) is -0.892. The van der Waals surface area contributed by atoms with Gasteiger partial charge in [-0.05, 0) is 25.7 Å². The van der Waals surface area contributed by atoms with E-state index in [1.165, 1.54) is 103 Å². The predicted octanol–water partition coefficient (Wildman–Crippen LogP) is 10.7. The lowest BCUT2D eigenvalue weighted by Gasteiger charge is -2.24. The number of hydrogen-bond donors (Lipinski definition) is 3. The molecule has 4 atom stereocenters. The normalized spacial score (nSPS) is 14.6. The Balaban J connectivity index is 4.42. The van der Waals surface area contributed by atoms with Crippen molar-refractivity contribution in [2.45, 2.75) is 225 Å². The SMILES string of the molecule is CCCCCCCCCCCCCCCCCC(=O)OC[C@H](COP(=O)(O)OCC[N+](C)(C)C)OC(=O)CCCCCCCC(O)C(O)CCCCCCCC. The molecule has 0 amide bonds. The van der Waals surface area contributed by atoms with Crippen molar-refractivity contribution in [2.24, 2.45) is 0 Å². The smallest absolute Gasteiger partial charge is 0.462 e. The number of aliphatic hydroxyl groups is 2. The minimum atomic E-state index is -4.41. The molecule has 0 radical (unpaired) electrons. The van der Waals surface area contributed by atoms with Gasteiger partial charge < -0.3 is 29.1 Å². The predicted molar refractivity (Wildman–Crippen MR) is 227 cm³/mol. The van der Waals surface area contributed by atoms with E-state index in [1.54, 1.807) is 0 Å². The Hall–Kier alpha value is -1.07. The van der Waals surface area contributed by atoms with E-state index in [0.29, 0.717) is 30.3 Å². The topological polar surface area (TPSA) is 149 Å². The number of quaternary nitrogens is 1. The Kier molecular flexibility index (Phi) is 36.3. The fourth-order valence-corrected chi connectivity index (χ4v) is 7.32. The zero-order valence-corrected chi connectivity index (χ0v) is 37.8. The fraction of sp³-hybridized carbons (Fsp3) is 0.955. The number of phosphoric ester groups is 1. The van der Waals surface area contributed by atoms with Gasteiger partial charge in [-0.1, -0.05) is 168 Å². The maximum atomic E-state index is 12.7. The third kappa shape index (κ3) is 38.4. The molecule has 0 bridgehead atoms. The summed E-state index contributed by atoms with van der Waals surface area (Å²) in [6.45, 7) is 4.24. The second kappa shape index (κ2) is 37.0. The van der Waals surface area contributed by atoms with Gasteiger partial charge in [0.15, 0.2) is 6.10 Å². The van der Waals surface area contributed by atoms with E-state index in [1.807, 2.05) is 21.1 Å². The van der Waals surface area contributed by atoms with Gasteiger partial charge in [0, 0.05) is 12.8 Å². The van der Waals surface area contributed by atoms with Gasteiger partial charge in [0.1, 0.15) is 19.8 Å². The number of esters is 2. The maximum Gasteiger partial charge on any atom is 0.472 e. The Bertz CT molecular complexity index is 963. The van der Waals surface area contributed by atoms with Crippen LogP contribution >= 0.6 is 7.82 Å². The zero-order valence-electron chi connectivity index (χ0n) is 36.9. The highest BCUT2D eigenvalue weighted by atomic mass is 31.2. The summed E-state index contributed by atoms with van der Waals surface area (Å²) in [6.07, 6.45) is 28.7. The van der Waals surface area contributed by atoms with Crippen LogP contribution in [0.5, 0.6) is 0 Å². The molecule has 0 aliphatic rings. The number of ether oxygens (including phenoxy) is 2. The van der Waals surface area contributed by atoms with Crippen LogP contribution in [0.2, 0.25) is 0 Å². The standard InChI is InChI=1S/C44H88NO10P/c1-6-8-10-12-14-15-16-17-18-19-20-21-22-26-30-34-43(48)52-38-40(39-54-56(50,51)53-37-36-45(3,4)5)55-44(49)35-31-27-23-25-29-33-42(47)41(46)32-28-24-13-11-9-7-2/h40-42,46-47H,6-39H2,1-5H3/p+1/t40-,41?,42?/m1/s1. The van der Waals surface area contributed by atoms with Crippen LogP contribution in [0.3, 0.4) is 0 Å². The van der Waals surface area contributed by atoms with Crippen LogP contribution in [0.25, 0.3) is 0 Å². The van der Waals surface area contributed by atoms with Crippen LogP contribution in [0.15, 0.2) is 0 Å². The van der Waals surface area contributed by atoms with Gasteiger partial charge in [-0.2, -0.15) is 0 Å². The number of phosphoric acid groups is 1. The third-order valence-electron chi connectivity index (χ3n) is 10.3. The maximum absolute atomic E-state index is 12.7. The van der Waals surface area contributed by atoms with Crippen molar-refractivity contribution in [3.05, 3.63) is 0 Å². The molecular formula is C44H89NO10P+. The number of rotatable bonds is 42. The lowest BCUT2D eigenvalue weighted by molar-refractivity contribution is -0.870. The fourth-order valence-electron chi connectivity index (χ4n) is 6.58. The summed E-state index contributed by atoms with van der Waals surface area (Å²) < 4.78 is 34.2. The molecule has 3 N–H and O–H groups in total. The molecule has 3 unspecified atom stereocenters. The molecule has 0 saturated heterocycles. The lowest BCUT2D eigenvalue weighted by Crippen LogP contribution is -2.37. The summed E-state index contributed by atoms with van der Waals surface area (Å²) in [5, 5.41) is 20.6. The second-order valence-electron chi connectivity index (χ2n) is 17.1. The Morgan fingerprint density at radius 3 is 1.32 bits per heavy atom. The largest absolute Gasteiger partial charge is 0.472 e. The van der Waals surface area contributed by atoms with Crippen molar-refractivity contribution in [1.29, 1.82) is 0 Å². The molecular weight excluding hydrogens is 733 g/mol. The highest BCUT2D eigenvalue weighted by Crippen LogP contribution is 2.43. The first kappa shape index (κ1) is 54.9. The molecule has 0 aromatic rings. The van der Waals surface area contributed by atoms with E-state index in [0.717, 1.165) is 57.8 Å². The molecule has 12 heteroatoms.